The number of hydrogen-bond acceptors (Lipinski definition) is 6. The monoisotopic (exact) mass is 659 g/mol. The molecule has 2 atom stereocenters. The Kier molecular flexibility index (Phi) is 7.49. The van der Waals surface area contributed by atoms with Crippen molar-refractivity contribution in [1.82, 2.24) is 24.3 Å². The van der Waals surface area contributed by atoms with Crippen LogP contribution < -0.4 is 10.1 Å². The molecule has 6 rings (SSSR count). The van der Waals surface area contributed by atoms with Crippen molar-refractivity contribution in [3.8, 4) is 17.3 Å². The SMILES string of the molecule is COc1cc(C(=O)N2C[C@H](F)C[C@@H](NC(=O)OC(C)(C)C)C2)cc2nc(-c3cc4cc(Br)sc4n3CC3CC3)n(C)c12. The van der Waals surface area contributed by atoms with E-state index in [-0.39, 0.29) is 25.4 Å². The Hall–Kier alpha value is -3.12. The van der Waals surface area contributed by atoms with Crippen molar-refractivity contribution in [3.63, 3.8) is 0 Å². The van der Waals surface area contributed by atoms with Gasteiger partial charge in [-0.3, -0.25) is 4.79 Å². The lowest BCUT2D eigenvalue weighted by Crippen LogP contribution is -2.54. The average molecular weight is 661 g/mol. The van der Waals surface area contributed by atoms with Gasteiger partial charge < -0.3 is 28.8 Å². The van der Waals surface area contributed by atoms with Gasteiger partial charge in [-0.15, -0.1) is 11.3 Å². The lowest BCUT2D eigenvalue weighted by Gasteiger charge is -2.35. The Balaban J connectivity index is 1.32. The fourth-order valence-electron chi connectivity index (χ4n) is 5.72. The number of piperidine rings is 1. The first-order valence-corrected chi connectivity index (χ1v) is 15.8. The van der Waals surface area contributed by atoms with Crippen molar-refractivity contribution >= 4 is 60.5 Å². The molecule has 0 unspecified atom stereocenters. The first kappa shape index (κ1) is 29.0. The Labute approximate surface area is 256 Å². The van der Waals surface area contributed by atoms with E-state index in [2.05, 4.69) is 37.9 Å². The molecule has 1 N–H and O–H groups in total. The highest BCUT2D eigenvalue weighted by atomic mass is 79.9. The van der Waals surface area contributed by atoms with Gasteiger partial charge in [-0.1, -0.05) is 0 Å². The van der Waals surface area contributed by atoms with E-state index < -0.39 is 23.9 Å². The van der Waals surface area contributed by atoms with E-state index in [0.717, 1.165) is 32.8 Å². The van der Waals surface area contributed by atoms with Crippen molar-refractivity contribution in [2.24, 2.45) is 13.0 Å². The molecular weight excluding hydrogens is 625 g/mol. The minimum Gasteiger partial charge on any atom is -0.494 e. The molecule has 42 heavy (non-hydrogen) atoms. The van der Waals surface area contributed by atoms with Crippen LogP contribution in [0, 0.1) is 5.92 Å². The smallest absolute Gasteiger partial charge is 0.407 e. The molecule has 1 aliphatic carbocycles. The zero-order valence-corrected chi connectivity index (χ0v) is 26.8. The summed E-state index contributed by atoms with van der Waals surface area (Å²) in [6.45, 7) is 6.35. The number of rotatable bonds is 6. The number of carbonyl (C=O) groups is 2. The van der Waals surface area contributed by atoms with E-state index in [0.29, 0.717) is 22.7 Å². The van der Waals surface area contributed by atoms with Crippen molar-refractivity contribution in [2.75, 3.05) is 20.2 Å². The van der Waals surface area contributed by atoms with E-state index in [1.165, 1.54) is 22.6 Å². The van der Waals surface area contributed by atoms with Crippen LogP contribution in [0.3, 0.4) is 0 Å². The van der Waals surface area contributed by atoms with Crippen LogP contribution in [-0.4, -0.2) is 69.0 Å². The number of imidazole rings is 1. The van der Waals surface area contributed by atoms with Gasteiger partial charge in [-0.05, 0) is 79.7 Å². The third-order valence-corrected chi connectivity index (χ3v) is 9.39. The third-order valence-electron chi connectivity index (χ3n) is 7.71. The number of likely N-dealkylation sites (tertiary alicyclic amines) is 1. The van der Waals surface area contributed by atoms with Crippen LogP contribution >= 0.6 is 27.3 Å². The van der Waals surface area contributed by atoms with Crippen molar-refractivity contribution in [3.05, 3.63) is 33.6 Å². The number of hydrogen-bond donors (Lipinski definition) is 1. The zero-order valence-electron chi connectivity index (χ0n) is 24.4. The molecule has 0 radical (unpaired) electrons. The van der Waals surface area contributed by atoms with Gasteiger partial charge in [0, 0.05) is 37.5 Å². The van der Waals surface area contributed by atoms with Gasteiger partial charge in [-0.2, -0.15) is 0 Å². The first-order valence-electron chi connectivity index (χ1n) is 14.2. The number of benzene rings is 1. The summed E-state index contributed by atoms with van der Waals surface area (Å²) in [6.07, 6.45) is 0.680. The molecule has 2 amide bonds. The minimum atomic E-state index is -1.28. The molecule has 1 saturated heterocycles. The average Bonchev–Trinajstić information content (AvgIpc) is 3.45. The molecule has 4 aromatic rings. The Morgan fingerprint density at radius 3 is 2.64 bits per heavy atom. The Bertz CT molecular complexity index is 1680. The van der Waals surface area contributed by atoms with Crippen molar-refractivity contribution < 1.29 is 23.5 Å². The maximum Gasteiger partial charge on any atom is 0.407 e. The first-order chi connectivity index (χ1) is 19.9. The number of aryl methyl sites for hydroxylation is 1. The maximum absolute atomic E-state index is 14.8. The second kappa shape index (κ2) is 10.9. The van der Waals surface area contributed by atoms with Crippen molar-refractivity contribution in [1.29, 1.82) is 0 Å². The Morgan fingerprint density at radius 2 is 1.95 bits per heavy atom. The highest BCUT2D eigenvalue weighted by Gasteiger charge is 2.33. The van der Waals surface area contributed by atoms with Crippen LogP contribution in [0.15, 0.2) is 28.1 Å². The second-order valence-electron chi connectivity index (χ2n) is 12.3. The molecule has 1 saturated carbocycles. The zero-order chi connectivity index (χ0) is 29.9. The molecule has 2 fully saturated rings. The summed E-state index contributed by atoms with van der Waals surface area (Å²) < 4.78 is 31.3. The molecule has 224 valence electrons. The van der Waals surface area contributed by atoms with Gasteiger partial charge in [0.25, 0.3) is 5.91 Å². The highest BCUT2D eigenvalue weighted by Crippen LogP contribution is 2.41. The molecule has 12 heteroatoms. The molecular formula is C30H35BrFN5O4S. The van der Waals surface area contributed by atoms with Crippen LogP contribution in [0.1, 0.15) is 50.4 Å². The van der Waals surface area contributed by atoms with Crippen molar-refractivity contribution in [2.45, 2.75) is 64.4 Å². The number of ether oxygens (including phenoxy) is 2. The predicted molar refractivity (Wildman–Crippen MR) is 165 cm³/mol. The Morgan fingerprint density at radius 1 is 1.19 bits per heavy atom. The summed E-state index contributed by atoms with van der Waals surface area (Å²) >= 11 is 5.34. The van der Waals surface area contributed by atoms with Crippen LogP contribution in [0.5, 0.6) is 5.75 Å². The quantitative estimate of drug-likeness (QED) is 0.255. The number of aromatic nitrogens is 3. The number of amides is 2. The number of halogens is 2. The van der Waals surface area contributed by atoms with Crippen LogP contribution in [-0.2, 0) is 18.3 Å². The fourth-order valence-corrected chi connectivity index (χ4v) is 7.32. The standard InChI is InChI=1S/C30H35BrFN5O4S/c1-30(2,3)41-29(39)33-20-12-19(32)14-36(15-20)27(38)17-8-21-25(23(10-17)40-5)35(4)26(34-21)22-9-18-11-24(31)42-28(18)37(22)13-16-6-7-16/h8-11,16,19-20H,6-7,12-15H2,1-5H3,(H,33,39)/t19-,20-/m1/s1. The third kappa shape index (κ3) is 5.75. The van der Waals surface area contributed by atoms with E-state index in [1.54, 1.807) is 51.4 Å². The summed E-state index contributed by atoms with van der Waals surface area (Å²) in [5.41, 5.74) is 2.10. The largest absolute Gasteiger partial charge is 0.494 e. The molecule has 2 aliphatic rings. The van der Waals surface area contributed by atoms with Crippen LogP contribution in [0.25, 0.3) is 32.8 Å². The lowest BCUT2D eigenvalue weighted by molar-refractivity contribution is 0.0394. The van der Waals surface area contributed by atoms with Gasteiger partial charge in [0.15, 0.2) is 5.82 Å². The van der Waals surface area contributed by atoms with Gasteiger partial charge >= 0.3 is 6.09 Å². The molecule has 1 aromatic carbocycles. The molecule has 0 bridgehead atoms. The molecule has 9 nitrogen and oxygen atoms in total. The van der Waals surface area contributed by atoms with E-state index in [1.807, 2.05) is 11.6 Å². The van der Waals surface area contributed by atoms with Crippen LogP contribution in [0.4, 0.5) is 9.18 Å². The number of nitrogens with zero attached hydrogens (tertiary/aromatic N) is 4. The number of alkyl carbamates (subject to hydrolysis) is 1. The fraction of sp³-hybridized carbons (Fsp3) is 0.500. The van der Waals surface area contributed by atoms with E-state index >= 15 is 0 Å². The second-order valence-corrected chi connectivity index (χ2v) is 14.7. The lowest BCUT2D eigenvalue weighted by atomic mass is 10.0. The highest BCUT2D eigenvalue weighted by molar-refractivity contribution is 9.11. The maximum atomic E-state index is 14.8. The van der Waals surface area contributed by atoms with Crippen LogP contribution in [0.2, 0.25) is 0 Å². The predicted octanol–water partition coefficient (Wildman–Crippen LogP) is 6.51. The van der Waals surface area contributed by atoms with E-state index in [4.69, 9.17) is 14.5 Å². The van der Waals surface area contributed by atoms with Gasteiger partial charge in [-0.25, -0.2) is 14.2 Å². The van der Waals surface area contributed by atoms with Gasteiger partial charge in [0.1, 0.15) is 27.9 Å². The molecule has 0 spiro atoms. The molecule has 3 aromatic heterocycles. The topological polar surface area (TPSA) is 90.6 Å². The normalized spacial score (nSPS) is 19.5. The summed E-state index contributed by atoms with van der Waals surface area (Å²) in [7, 11) is 3.52. The minimum absolute atomic E-state index is 0.0554. The number of thiophene rings is 1. The number of carbonyl (C=O) groups excluding carboxylic acids is 2. The summed E-state index contributed by atoms with van der Waals surface area (Å²) in [6, 6.07) is 7.18. The summed E-state index contributed by atoms with van der Waals surface area (Å²) in [5, 5.41) is 3.88. The van der Waals surface area contributed by atoms with Gasteiger partial charge in [0.05, 0.1) is 34.7 Å². The molecule has 4 heterocycles. The number of alkyl halides is 1. The summed E-state index contributed by atoms with van der Waals surface area (Å²) in [5.74, 6) is 1.63. The van der Waals surface area contributed by atoms with Gasteiger partial charge in [0.2, 0.25) is 0 Å². The van der Waals surface area contributed by atoms with E-state index in [9.17, 15) is 14.0 Å². The number of methoxy groups -OCH3 is 1. The summed E-state index contributed by atoms with van der Waals surface area (Å²) in [4.78, 5) is 33.7. The molecule has 1 aliphatic heterocycles. The number of nitrogens with one attached hydrogen (secondary N) is 1. The number of fused-ring (bicyclic) bond motifs is 2.